The minimum atomic E-state index is 0.134. The van der Waals surface area contributed by atoms with Crippen LogP contribution in [0.25, 0.3) is 0 Å². The molecule has 2 rings (SSSR count). The third-order valence-corrected chi connectivity index (χ3v) is 3.57. The largest absolute Gasteiger partial charge is 0.396 e. The molecule has 1 fully saturated rings. The summed E-state index contributed by atoms with van der Waals surface area (Å²) < 4.78 is 0. The fourth-order valence-electron chi connectivity index (χ4n) is 2.54. The number of rotatable bonds is 5. The summed E-state index contributed by atoms with van der Waals surface area (Å²) in [5.41, 5.74) is 1.25. The van der Waals surface area contributed by atoms with Gasteiger partial charge in [-0.2, -0.15) is 0 Å². The third-order valence-electron chi connectivity index (χ3n) is 3.57. The van der Waals surface area contributed by atoms with Gasteiger partial charge in [0, 0.05) is 37.0 Å². The molecule has 0 saturated heterocycles. The van der Waals surface area contributed by atoms with E-state index in [2.05, 4.69) is 15.3 Å². The van der Waals surface area contributed by atoms with E-state index in [0.29, 0.717) is 6.61 Å². The number of aliphatic hydroxyl groups excluding tert-OH is 1. The van der Waals surface area contributed by atoms with Gasteiger partial charge in [0.2, 0.25) is 0 Å². The van der Waals surface area contributed by atoms with Crippen LogP contribution >= 0.6 is 0 Å². The molecule has 0 radical (unpaired) electrons. The van der Waals surface area contributed by atoms with Crippen LogP contribution < -0.4 is 5.32 Å². The Labute approximate surface area is 96.5 Å². The molecule has 1 aliphatic rings. The van der Waals surface area contributed by atoms with Crippen LogP contribution in [-0.4, -0.2) is 28.2 Å². The Balaban J connectivity index is 1.78. The summed E-state index contributed by atoms with van der Waals surface area (Å²) in [5.74, 6) is 0.953. The molecule has 0 spiro atoms. The highest BCUT2D eigenvalue weighted by atomic mass is 16.3. The zero-order chi connectivity index (χ0) is 11.4. The average Bonchev–Trinajstić information content (AvgIpc) is 2.89. The van der Waals surface area contributed by atoms with E-state index >= 15 is 0 Å². The van der Waals surface area contributed by atoms with Crippen molar-refractivity contribution >= 4 is 0 Å². The summed E-state index contributed by atoms with van der Waals surface area (Å²) in [6, 6.07) is 0. The number of nitrogens with one attached hydrogen (secondary N) is 2. The van der Waals surface area contributed by atoms with Crippen molar-refractivity contribution in [1.82, 2.24) is 15.3 Å². The van der Waals surface area contributed by atoms with Gasteiger partial charge in [0.25, 0.3) is 0 Å². The zero-order valence-corrected chi connectivity index (χ0v) is 9.92. The molecule has 0 aliphatic heterocycles. The van der Waals surface area contributed by atoms with Gasteiger partial charge in [0.1, 0.15) is 5.82 Å². The van der Waals surface area contributed by atoms with Crippen molar-refractivity contribution in [3.8, 4) is 0 Å². The third kappa shape index (κ3) is 2.62. The van der Waals surface area contributed by atoms with Crippen LogP contribution in [-0.2, 0) is 6.54 Å². The molecular weight excluding hydrogens is 202 g/mol. The predicted molar refractivity (Wildman–Crippen MR) is 63.0 cm³/mol. The SMILES string of the molecule is Cc1ncc(CNCC2(CO)CCCC2)[nH]1. The number of nitrogens with zero attached hydrogens (tertiary/aromatic N) is 1. The van der Waals surface area contributed by atoms with Crippen molar-refractivity contribution < 1.29 is 5.11 Å². The smallest absolute Gasteiger partial charge is 0.103 e. The van der Waals surface area contributed by atoms with Crippen LogP contribution in [0.4, 0.5) is 0 Å². The highest BCUT2D eigenvalue weighted by molar-refractivity contribution is 4.99. The van der Waals surface area contributed by atoms with Gasteiger partial charge >= 0.3 is 0 Å². The second-order valence-electron chi connectivity index (χ2n) is 4.96. The zero-order valence-electron chi connectivity index (χ0n) is 9.92. The molecular formula is C12H21N3O. The Morgan fingerprint density at radius 1 is 1.50 bits per heavy atom. The maximum atomic E-state index is 9.46. The molecule has 0 atom stereocenters. The van der Waals surface area contributed by atoms with E-state index in [-0.39, 0.29) is 5.41 Å². The van der Waals surface area contributed by atoms with E-state index in [4.69, 9.17) is 0 Å². The Hall–Kier alpha value is -0.870. The topological polar surface area (TPSA) is 60.9 Å². The van der Waals surface area contributed by atoms with Gasteiger partial charge in [-0.05, 0) is 19.8 Å². The van der Waals surface area contributed by atoms with Gasteiger partial charge in [-0.1, -0.05) is 12.8 Å². The molecule has 16 heavy (non-hydrogen) atoms. The first kappa shape index (κ1) is 11.6. The summed E-state index contributed by atoms with van der Waals surface area (Å²) in [5, 5.41) is 12.9. The van der Waals surface area contributed by atoms with Crippen molar-refractivity contribution in [3.05, 3.63) is 17.7 Å². The molecule has 0 aromatic carbocycles. The number of hydrogen-bond acceptors (Lipinski definition) is 3. The van der Waals surface area contributed by atoms with Crippen molar-refractivity contribution in [2.75, 3.05) is 13.2 Å². The molecule has 90 valence electrons. The number of aliphatic hydroxyl groups is 1. The van der Waals surface area contributed by atoms with Gasteiger partial charge in [-0.15, -0.1) is 0 Å². The van der Waals surface area contributed by atoms with Gasteiger partial charge in [0.05, 0.1) is 0 Å². The number of aromatic nitrogens is 2. The van der Waals surface area contributed by atoms with Crippen LogP contribution in [0.3, 0.4) is 0 Å². The molecule has 1 aromatic rings. The predicted octanol–water partition coefficient (Wildman–Crippen LogP) is 1.36. The van der Waals surface area contributed by atoms with Crippen LogP contribution in [0.1, 0.15) is 37.2 Å². The maximum Gasteiger partial charge on any atom is 0.103 e. The van der Waals surface area contributed by atoms with E-state index in [1.165, 1.54) is 12.8 Å². The lowest BCUT2D eigenvalue weighted by molar-refractivity contribution is 0.128. The van der Waals surface area contributed by atoms with Crippen LogP contribution in [0.2, 0.25) is 0 Å². The molecule has 3 N–H and O–H groups in total. The Morgan fingerprint density at radius 2 is 2.25 bits per heavy atom. The second-order valence-corrected chi connectivity index (χ2v) is 4.96. The lowest BCUT2D eigenvalue weighted by Crippen LogP contribution is -2.34. The molecule has 0 unspecified atom stereocenters. The summed E-state index contributed by atoms with van der Waals surface area (Å²) in [7, 11) is 0. The van der Waals surface area contributed by atoms with E-state index in [0.717, 1.165) is 37.4 Å². The summed E-state index contributed by atoms with van der Waals surface area (Å²) >= 11 is 0. The summed E-state index contributed by atoms with van der Waals surface area (Å²) in [6.07, 6.45) is 6.68. The number of hydrogen-bond donors (Lipinski definition) is 3. The minimum absolute atomic E-state index is 0.134. The molecule has 1 saturated carbocycles. The number of imidazole rings is 1. The van der Waals surface area contributed by atoms with Crippen molar-refractivity contribution in [3.63, 3.8) is 0 Å². The van der Waals surface area contributed by atoms with E-state index in [9.17, 15) is 5.11 Å². The van der Waals surface area contributed by atoms with Gasteiger partial charge in [0.15, 0.2) is 0 Å². The normalized spacial score (nSPS) is 19.1. The van der Waals surface area contributed by atoms with E-state index < -0.39 is 0 Å². The standard InChI is InChI=1S/C12H21N3O/c1-10-14-7-11(15-10)6-13-8-12(9-16)4-2-3-5-12/h7,13,16H,2-6,8-9H2,1H3,(H,14,15). The van der Waals surface area contributed by atoms with Crippen LogP contribution in [0, 0.1) is 12.3 Å². The molecule has 0 bridgehead atoms. The fraction of sp³-hybridized carbons (Fsp3) is 0.750. The Kier molecular flexibility index (Phi) is 3.61. The highest BCUT2D eigenvalue weighted by Gasteiger charge is 2.32. The maximum absolute atomic E-state index is 9.46. The van der Waals surface area contributed by atoms with Gasteiger partial charge in [-0.3, -0.25) is 0 Å². The van der Waals surface area contributed by atoms with Crippen molar-refractivity contribution in [2.24, 2.45) is 5.41 Å². The van der Waals surface area contributed by atoms with Crippen molar-refractivity contribution in [1.29, 1.82) is 0 Å². The molecule has 1 heterocycles. The monoisotopic (exact) mass is 223 g/mol. The second kappa shape index (κ2) is 4.97. The van der Waals surface area contributed by atoms with E-state index in [1.807, 2.05) is 13.1 Å². The average molecular weight is 223 g/mol. The first-order valence-electron chi connectivity index (χ1n) is 6.06. The van der Waals surface area contributed by atoms with Gasteiger partial charge in [-0.25, -0.2) is 4.98 Å². The quantitative estimate of drug-likeness (QED) is 0.706. The summed E-state index contributed by atoms with van der Waals surface area (Å²) in [4.78, 5) is 7.36. The van der Waals surface area contributed by atoms with Crippen LogP contribution in [0.15, 0.2) is 6.20 Å². The first-order valence-corrected chi connectivity index (χ1v) is 6.06. The fourth-order valence-corrected chi connectivity index (χ4v) is 2.54. The van der Waals surface area contributed by atoms with Crippen molar-refractivity contribution in [2.45, 2.75) is 39.2 Å². The number of aromatic amines is 1. The lowest BCUT2D eigenvalue weighted by Gasteiger charge is -2.26. The Bertz CT molecular complexity index is 329. The molecule has 1 aromatic heterocycles. The minimum Gasteiger partial charge on any atom is -0.396 e. The lowest BCUT2D eigenvalue weighted by atomic mass is 9.87. The Morgan fingerprint density at radius 3 is 2.81 bits per heavy atom. The number of H-pyrrole nitrogens is 1. The van der Waals surface area contributed by atoms with E-state index in [1.54, 1.807) is 0 Å². The molecule has 0 amide bonds. The van der Waals surface area contributed by atoms with Gasteiger partial charge < -0.3 is 15.4 Å². The molecule has 4 nitrogen and oxygen atoms in total. The molecule has 1 aliphatic carbocycles. The number of aryl methyl sites for hydroxylation is 1. The summed E-state index contributed by atoms with van der Waals surface area (Å²) in [6.45, 7) is 3.97. The van der Waals surface area contributed by atoms with Crippen LogP contribution in [0.5, 0.6) is 0 Å². The first-order chi connectivity index (χ1) is 7.74. The highest BCUT2D eigenvalue weighted by Crippen LogP contribution is 2.36. The molecule has 4 heteroatoms.